The van der Waals surface area contributed by atoms with Gasteiger partial charge in [0, 0.05) is 44.2 Å². The molecule has 1 N–H and O–H groups in total. The van der Waals surface area contributed by atoms with Crippen molar-refractivity contribution in [1.29, 1.82) is 0 Å². The maximum absolute atomic E-state index is 6.18. The van der Waals surface area contributed by atoms with Gasteiger partial charge in [-0.2, -0.15) is 0 Å². The van der Waals surface area contributed by atoms with E-state index in [-0.39, 0.29) is 0 Å². The molecule has 1 aliphatic rings. The topological polar surface area (TPSA) is 33.7 Å². The van der Waals surface area contributed by atoms with Gasteiger partial charge in [-0.1, -0.05) is 41.9 Å². The van der Waals surface area contributed by atoms with Gasteiger partial charge in [-0.25, -0.2) is 0 Å². The zero-order valence-electron chi connectivity index (χ0n) is 15.1. The lowest BCUT2D eigenvalue weighted by molar-refractivity contribution is 0.0383. The van der Waals surface area contributed by atoms with Crippen molar-refractivity contribution in [3.63, 3.8) is 0 Å². The van der Waals surface area contributed by atoms with E-state index >= 15 is 0 Å². The van der Waals surface area contributed by atoms with Gasteiger partial charge in [0.15, 0.2) is 0 Å². The number of morpholine rings is 1. The van der Waals surface area contributed by atoms with E-state index in [4.69, 9.17) is 21.1 Å². The number of benzene rings is 2. The third kappa shape index (κ3) is 6.29. The van der Waals surface area contributed by atoms with E-state index in [1.54, 1.807) is 0 Å². The summed E-state index contributed by atoms with van der Waals surface area (Å²) in [4.78, 5) is 2.43. The first kappa shape index (κ1) is 19.2. The Kier molecular flexibility index (Phi) is 7.77. The molecule has 3 rings (SSSR count). The molecule has 0 atom stereocenters. The Balaban J connectivity index is 1.42. The van der Waals surface area contributed by atoms with E-state index in [0.29, 0.717) is 6.61 Å². The number of rotatable bonds is 9. The minimum absolute atomic E-state index is 0.645. The van der Waals surface area contributed by atoms with Gasteiger partial charge in [-0.3, -0.25) is 4.90 Å². The summed E-state index contributed by atoms with van der Waals surface area (Å²) in [7, 11) is 0. The third-order valence-electron chi connectivity index (χ3n) is 4.50. The number of nitrogens with one attached hydrogen (secondary N) is 1. The summed E-state index contributed by atoms with van der Waals surface area (Å²) in [5.41, 5.74) is 2.38. The Morgan fingerprint density at radius 3 is 2.65 bits per heavy atom. The van der Waals surface area contributed by atoms with E-state index in [9.17, 15) is 0 Å². The fraction of sp³-hybridized carbons (Fsp3) is 0.429. The molecule has 140 valence electrons. The van der Waals surface area contributed by atoms with E-state index < -0.39 is 0 Å². The highest BCUT2D eigenvalue weighted by molar-refractivity contribution is 6.30. The summed E-state index contributed by atoms with van der Waals surface area (Å²) in [6.07, 6.45) is 0.821. The molecule has 0 bridgehead atoms. The second kappa shape index (κ2) is 10.5. The van der Waals surface area contributed by atoms with E-state index in [1.807, 2.05) is 24.3 Å². The highest BCUT2D eigenvalue weighted by Gasteiger charge is 2.09. The first-order valence-electron chi connectivity index (χ1n) is 9.27. The molecule has 0 spiro atoms. The standard InChI is InChI=1S/C21H27ClN2O2/c22-20-6-7-21(19(17-20)16-18-4-2-1-3-5-18)26-13-9-23-8-10-24-11-14-25-15-12-24/h1-7,17,23H,8-16H2. The largest absolute Gasteiger partial charge is 0.492 e. The third-order valence-corrected chi connectivity index (χ3v) is 4.74. The molecule has 5 heteroatoms. The molecule has 4 nitrogen and oxygen atoms in total. The van der Waals surface area contributed by atoms with Crippen molar-refractivity contribution in [1.82, 2.24) is 10.2 Å². The van der Waals surface area contributed by atoms with Crippen molar-refractivity contribution in [3.05, 3.63) is 64.7 Å². The summed E-state index contributed by atoms with van der Waals surface area (Å²) < 4.78 is 11.4. The second-order valence-corrected chi connectivity index (χ2v) is 6.90. The Bertz CT molecular complexity index is 660. The minimum Gasteiger partial charge on any atom is -0.492 e. The molecule has 1 heterocycles. The number of nitrogens with zero attached hydrogens (tertiary/aromatic N) is 1. The fourth-order valence-electron chi connectivity index (χ4n) is 3.06. The van der Waals surface area contributed by atoms with Crippen LogP contribution in [0.1, 0.15) is 11.1 Å². The van der Waals surface area contributed by atoms with Crippen molar-refractivity contribution < 1.29 is 9.47 Å². The number of ether oxygens (including phenoxy) is 2. The van der Waals surface area contributed by atoms with Gasteiger partial charge in [0.25, 0.3) is 0 Å². The number of hydrogen-bond acceptors (Lipinski definition) is 4. The number of halogens is 1. The second-order valence-electron chi connectivity index (χ2n) is 6.47. The SMILES string of the molecule is Clc1ccc(OCCNCCN2CCOCC2)c(Cc2ccccc2)c1. The smallest absolute Gasteiger partial charge is 0.122 e. The Morgan fingerprint density at radius 2 is 1.85 bits per heavy atom. The molecule has 0 amide bonds. The molecule has 1 fully saturated rings. The van der Waals surface area contributed by atoms with Gasteiger partial charge in [0.05, 0.1) is 13.2 Å². The van der Waals surface area contributed by atoms with Crippen LogP contribution in [0.25, 0.3) is 0 Å². The zero-order chi connectivity index (χ0) is 18.0. The van der Waals surface area contributed by atoms with Crippen LogP contribution in [-0.4, -0.2) is 57.4 Å². The fourth-order valence-corrected chi connectivity index (χ4v) is 3.26. The molecule has 2 aromatic rings. The van der Waals surface area contributed by atoms with Gasteiger partial charge in [-0.15, -0.1) is 0 Å². The molecule has 0 aliphatic carbocycles. The maximum Gasteiger partial charge on any atom is 0.122 e. The van der Waals surface area contributed by atoms with Crippen LogP contribution in [0.2, 0.25) is 5.02 Å². The van der Waals surface area contributed by atoms with Crippen LogP contribution in [0.3, 0.4) is 0 Å². The normalized spacial score (nSPS) is 15.1. The van der Waals surface area contributed by atoms with Crippen LogP contribution < -0.4 is 10.1 Å². The molecule has 0 unspecified atom stereocenters. The molecule has 0 saturated carbocycles. The summed E-state index contributed by atoms with van der Waals surface area (Å²) in [5, 5.41) is 4.19. The summed E-state index contributed by atoms with van der Waals surface area (Å²) >= 11 is 6.18. The molecule has 0 aromatic heterocycles. The maximum atomic E-state index is 6.18. The lowest BCUT2D eigenvalue weighted by atomic mass is 10.0. The molecule has 2 aromatic carbocycles. The summed E-state index contributed by atoms with van der Waals surface area (Å²) in [5.74, 6) is 0.910. The predicted octanol–water partition coefficient (Wildman–Crippen LogP) is 3.23. The van der Waals surface area contributed by atoms with Crippen molar-refractivity contribution >= 4 is 11.6 Å². The van der Waals surface area contributed by atoms with Crippen LogP contribution in [0.5, 0.6) is 5.75 Å². The van der Waals surface area contributed by atoms with E-state index in [2.05, 4.69) is 34.5 Å². The molecule has 1 saturated heterocycles. The van der Waals surface area contributed by atoms with Crippen molar-refractivity contribution in [2.75, 3.05) is 52.5 Å². The average molecular weight is 375 g/mol. The first-order chi connectivity index (χ1) is 12.8. The van der Waals surface area contributed by atoms with Crippen molar-refractivity contribution in [2.45, 2.75) is 6.42 Å². The first-order valence-corrected chi connectivity index (χ1v) is 9.65. The lowest BCUT2D eigenvalue weighted by Crippen LogP contribution is -2.40. The van der Waals surface area contributed by atoms with Gasteiger partial charge >= 0.3 is 0 Å². The number of hydrogen-bond donors (Lipinski definition) is 1. The molecular formula is C21H27ClN2O2. The van der Waals surface area contributed by atoms with Crippen molar-refractivity contribution in [3.8, 4) is 5.75 Å². The van der Waals surface area contributed by atoms with Gasteiger partial charge in [0.1, 0.15) is 12.4 Å². The summed E-state index contributed by atoms with van der Waals surface area (Å²) in [6.45, 7) is 7.28. The van der Waals surface area contributed by atoms with E-state index in [0.717, 1.165) is 68.7 Å². The van der Waals surface area contributed by atoms with Crippen LogP contribution in [0.15, 0.2) is 48.5 Å². The van der Waals surface area contributed by atoms with Gasteiger partial charge < -0.3 is 14.8 Å². The summed E-state index contributed by atoms with van der Waals surface area (Å²) in [6, 6.07) is 16.2. The van der Waals surface area contributed by atoms with Crippen LogP contribution >= 0.6 is 11.6 Å². The lowest BCUT2D eigenvalue weighted by Gasteiger charge is -2.26. The molecule has 0 radical (unpaired) electrons. The highest BCUT2D eigenvalue weighted by Crippen LogP contribution is 2.25. The Morgan fingerprint density at radius 1 is 1.04 bits per heavy atom. The van der Waals surface area contributed by atoms with Crippen LogP contribution in [0, 0.1) is 0 Å². The Labute approximate surface area is 161 Å². The van der Waals surface area contributed by atoms with Gasteiger partial charge in [-0.05, 0) is 29.3 Å². The van der Waals surface area contributed by atoms with E-state index in [1.165, 1.54) is 5.56 Å². The average Bonchev–Trinajstić information content (AvgIpc) is 2.68. The van der Waals surface area contributed by atoms with Crippen LogP contribution in [0.4, 0.5) is 0 Å². The monoisotopic (exact) mass is 374 g/mol. The zero-order valence-corrected chi connectivity index (χ0v) is 15.9. The van der Waals surface area contributed by atoms with Crippen LogP contribution in [-0.2, 0) is 11.2 Å². The van der Waals surface area contributed by atoms with Gasteiger partial charge in [0.2, 0.25) is 0 Å². The Hall–Kier alpha value is -1.59. The predicted molar refractivity (Wildman–Crippen MR) is 106 cm³/mol. The minimum atomic E-state index is 0.645. The van der Waals surface area contributed by atoms with Crippen molar-refractivity contribution in [2.24, 2.45) is 0 Å². The molecule has 1 aliphatic heterocycles. The quantitative estimate of drug-likeness (QED) is 0.683. The molecule has 26 heavy (non-hydrogen) atoms. The molecular weight excluding hydrogens is 348 g/mol. The highest BCUT2D eigenvalue weighted by atomic mass is 35.5.